The number of likely N-dealkylation sites (N-methyl/N-ethyl adjacent to an activating group) is 1. The van der Waals surface area contributed by atoms with Gasteiger partial charge in [0.2, 0.25) is 5.91 Å². The first-order valence-corrected chi connectivity index (χ1v) is 36.8. The summed E-state index contributed by atoms with van der Waals surface area (Å²) in [4.78, 5) is 23.4. The molecule has 0 heterocycles. The van der Waals surface area contributed by atoms with E-state index in [0.29, 0.717) is 17.4 Å². The molecular weight excluding hydrogens is 1030 g/mol. The lowest BCUT2D eigenvalue weighted by atomic mass is 10.0. The first kappa shape index (κ1) is 79.9. The lowest BCUT2D eigenvalue weighted by Gasteiger charge is -2.25. The largest absolute Gasteiger partial charge is 0.472 e. The minimum atomic E-state index is -4.37. The summed E-state index contributed by atoms with van der Waals surface area (Å²) in [5, 5.41) is 14.0. The monoisotopic (exact) mass is 1170 g/mol. The van der Waals surface area contributed by atoms with Gasteiger partial charge in [0.1, 0.15) is 13.2 Å². The van der Waals surface area contributed by atoms with E-state index in [4.69, 9.17) is 9.05 Å². The number of allylic oxidation sites excluding steroid dienone is 11. The fourth-order valence-corrected chi connectivity index (χ4v) is 11.1. The number of aliphatic hydroxyl groups is 1. The lowest BCUT2D eigenvalue weighted by molar-refractivity contribution is -0.870. The molecule has 0 radical (unpaired) electrons. The number of hydrogen-bond acceptors (Lipinski definition) is 5. The molecule has 3 unspecified atom stereocenters. The summed E-state index contributed by atoms with van der Waals surface area (Å²) < 4.78 is 23.8. The summed E-state index contributed by atoms with van der Waals surface area (Å²) in [6, 6.07) is -0.874. The maximum Gasteiger partial charge on any atom is 0.472 e. The molecule has 0 aliphatic heterocycles. The highest BCUT2D eigenvalue weighted by Crippen LogP contribution is 2.43. The van der Waals surface area contributed by atoms with Gasteiger partial charge in [0.15, 0.2) is 0 Å². The van der Waals surface area contributed by atoms with Gasteiger partial charge in [-0.25, -0.2) is 4.57 Å². The summed E-state index contributed by atoms with van der Waals surface area (Å²) in [6.45, 7) is 4.81. The molecule has 0 spiro atoms. The van der Waals surface area contributed by atoms with Crippen molar-refractivity contribution in [1.29, 1.82) is 0 Å². The number of carbonyl (C=O) groups is 1. The highest BCUT2D eigenvalue weighted by Gasteiger charge is 2.28. The second-order valence-electron chi connectivity index (χ2n) is 25.2. The van der Waals surface area contributed by atoms with Crippen molar-refractivity contribution in [3.63, 3.8) is 0 Å². The second-order valence-corrected chi connectivity index (χ2v) is 26.7. The number of amides is 1. The number of quaternary nitrogens is 1. The van der Waals surface area contributed by atoms with Gasteiger partial charge < -0.3 is 19.8 Å². The lowest BCUT2D eigenvalue weighted by Crippen LogP contribution is -2.45. The molecule has 0 aromatic carbocycles. The first-order chi connectivity index (χ1) is 40.0. The molecular formula is C73H138N2O6P+. The fraction of sp³-hybridized carbons (Fsp3) is 0.822. The van der Waals surface area contributed by atoms with Gasteiger partial charge in [-0.05, 0) is 83.5 Å². The van der Waals surface area contributed by atoms with Crippen molar-refractivity contribution in [3.05, 3.63) is 72.9 Å². The number of carbonyl (C=O) groups excluding carboxylic acids is 1. The number of phosphoric acid groups is 1. The Bertz CT molecular complexity index is 1570. The van der Waals surface area contributed by atoms with Crippen LogP contribution in [0.4, 0.5) is 0 Å². The summed E-state index contributed by atoms with van der Waals surface area (Å²) >= 11 is 0. The van der Waals surface area contributed by atoms with Gasteiger partial charge in [0.25, 0.3) is 0 Å². The molecule has 0 bridgehead atoms. The van der Waals surface area contributed by atoms with Crippen LogP contribution in [0, 0.1) is 0 Å². The van der Waals surface area contributed by atoms with Crippen molar-refractivity contribution >= 4 is 13.7 Å². The van der Waals surface area contributed by atoms with Crippen LogP contribution in [0.3, 0.4) is 0 Å². The van der Waals surface area contributed by atoms with E-state index in [1.807, 2.05) is 27.2 Å². The predicted octanol–water partition coefficient (Wildman–Crippen LogP) is 22.6. The molecule has 480 valence electrons. The molecule has 8 nitrogen and oxygen atoms in total. The van der Waals surface area contributed by atoms with Crippen molar-refractivity contribution in [2.24, 2.45) is 0 Å². The molecule has 0 saturated heterocycles. The molecule has 0 saturated carbocycles. The molecule has 0 aliphatic rings. The van der Waals surface area contributed by atoms with Gasteiger partial charge in [-0.2, -0.15) is 0 Å². The van der Waals surface area contributed by atoms with Crippen molar-refractivity contribution in [3.8, 4) is 0 Å². The zero-order valence-electron chi connectivity index (χ0n) is 55.0. The van der Waals surface area contributed by atoms with Crippen LogP contribution in [-0.2, 0) is 18.4 Å². The molecule has 1 amide bonds. The summed E-state index contributed by atoms with van der Waals surface area (Å²) in [6.07, 6.45) is 89.1. The van der Waals surface area contributed by atoms with Crippen LogP contribution in [0.25, 0.3) is 0 Å². The normalized spacial score (nSPS) is 14.1. The fourth-order valence-electron chi connectivity index (χ4n) is 10.4. The Morgan fingerprint density at radius 1 is 0.415 bits per heavy atom. The third-order valence-corrected chi connectivity index (χ3v) is 16.9. The summed E-state index contributed by atoms with van der Waals surface area (Å²) in [5.74, 6) is -0.187. The Morgan fingerprint density at radius 2 is 0.707 bits per heavy atom. The molecule has 0 aliphatic carbocycles. The Labute approximate surface area is 510 Å². The maximum absolute atomic E-state index is 13.0. The predicted molar refractivity (Wildman–Crippen MR) is 360 cm³/mol. The van der Waals surface area contributed by atoms with Crippen LogP contribution in [0.5, 0.6) is 0 Å². The van der Waals surface area contributed by atoms with E-state index in [0.717, 1.165) is 57.8 Å². The second kappa shape index (κ2) is 63.4. The molecule has 0 rings (SSSR count). The number of hydrogen-bond donors (Lipinski definition) is 3. The van der Waals surface area contributed by atoms with Gasteiger partial charge in [-0.3, -0.25) is 13.8 Å². The SMILES string of the molecule is CCCCCCC/C=C\C/C=C\C/C=C\CCCCCCCCCCCCCCCCCCCCC(=O)NC(COP(=O)(O)OCC[N+](C)(C)C)C(O)/C=C/CC/C=C/CC/C=C/CCCCCCCCCCCCCCCCCCC. The van der Waals surface area contributed by atoms with E-state index >= 15 is 0 Å². The number of rotatable bonds is 65. The van der Waals surface area contributed by atoms with Gasteiger partial charge in [-0.1, -0.05) is 318 Å². The van der Waals surface area contributed by atoms with Crippen LogP contribution < -0.4 is 5.32 Å². The quantitative estimate of drug-likeness (QED) is 0.0243. The van der Waals surface area contributed by atoms with Crippen LogP contribution >= 0.6 is 7.82 Å². The summed E-state index contributed by atoms with van der Waals surface area (Å²) in [7, 11) is 1.55. The molecule has 3 N–H and O–H groups in total. The topological polar surface area (TPSA) is 105 Å². The first-order valence-electron chi connectivity index (χ1n) is 35.3. The van der Waals surface area contributed by atoms with Crippen molar-refractivity contribution in [2.75, 3.05) is 40.9 Å². The van der Waals surface area contributed by atoms with Crippen LogP contribution in [0.2, 0.25) is 0 Å². The zero-order valence-corrected chi connectivity index (χ0v) is 55.9. The van der Waals surface area contributed by atoms with E-state index in [9.17, 15) is 19.4 Å². The average molecular weight is 1170 g/mol. The van der Waals surface area contributed by atoms with E-state index < -0.39 is 20.0 Å². The van der Waals surface area contributed by atoms with Crippen LogP contribution in [0.15, 0.2) is 72.9 Å². The Kier molecular flexibility index (Phi) is 61.8. The molecule has 0 aromatic heterocycles. The number of nitrogens with zero attached hydrogens (tertiary/aromatic N) is 1. The van der Waals surface area contributed by atoms with Crippen LogP contribution in [-0.4, -0.2) is 73.4 Å². The van der Waals surface area contributed by atoms with E-state index in [1.165, 1.54) is 257 Å². The number of aliphatic hydroxyl groups excluding tert-OH is 1. The highest BCUT2D eigenvalue weighted by atomic mass is 31.2. The van der Waals surface area contributed by atoms with E-state index in [-0.39, 0.29) is 19.1 Å². The van der Waals surface area contributed by atoms with Gasteiger partial charge in [0.05, 0.1) is 39.9 Å². The molecule has 82 heavy (non-hydrogen) atoms. The summed E-state index contributed by atoms with van der Waals surface area (Å²) in [5.41, 5.74) is 0. The molecule has 3 atom stereocenters. The maximum atomic E-state index is 13.0. The zero-order chi connectivity index (χ0) is 59.8. The molecule has 9 heteroatoms. The molecule has 0 fully saturated rings. The van der Waals surface area contributed by atoms with E-state index in [2.05, 4.69) is 79.9 Å². The third kappa shape index (κ3) is 65.5. The number of nitrogens with one attached hydrogen (secondary N) is 1. The smallest absolute Gasteiger partial charge is 0.387 e. The van der Waals surface area contributed by atoms with Crippen molar-refractivity contribution < 1.29 is 32.9 Å². The molecule has 0 aromatic rings. The Morgan fingerprint density at radius 3 is 1.06 bits per heavy atom. The minimum absolute atomic E-state index is 0.0526. The number of unbranched alkanes of at least 4 members (excludes halogenated alkanes) is 42. The average Bonchev–Trinajstić information content (AvgIpc) is 3.47. The van der Waals surface area contributed by atoms with E-state index in [1.54, 1.807) is 6.08 Å². The van der Waals surface area contributed by atoms with Crippen molar-refractivity contribution in [2.45, 2.75) is 347 Å². The standard InChI is InChI=1S/C73H137N2O6P/c1-6-8-10-12-14-16-18-20-22-24-26-28-30-32-34-35-36-37-38-39-41-43-45-47-49-51-53-55-57-59-61-63-65-67-73(77)74-71(70-81-82(78,79)80-69-68-75(3,4)5)72(76)66-64-62-60-58-56-54-52-50-48-46-44-42-40-33-31-29-27-25-23-21-19-17-15-13-11-9-7-2/h18,20,24,26,30,32,48,50,56,58,64,66,71-72,76H,6-17,19,21-23,25,27-29,31,33-47,49,51-55,57,59-63,65,67-70H2,1-5H3,(H-,74,77,78,79)/p+1/b20-18-,26-24-,32-30-,50-48+,58-56+,66-64+. The van der Waals surface area contributed by atoms with Crippen molar-refractivity contribution in [1.82, 2.24) is 5.32 Å². The van der Waals surface area contributed by atoms with Gasteiger partial charge >= 0.3 is 7.82 Å². The Hall–Kier alpha value is -2.06. The van der Waals surface area contributed by atoms with Gasteiger partial charge in [-0.15, -0.1) is 0 Å². The Balaban J connectivity index is 4.11. The minimum Gasteiger partial charge on any atom is -0.387 e. The van der Waals surface area contributed by atoms with Crippen LogP contribution in [0.1, 0.15) is 335 Å². The third-order valence-electron chi connectivity index (χ3n) is 15.9. The highest BCUT2D eigenvalue weighted by molar-refractivity contribution is 7.47. The number of phosphoric ester groups is 1. The van der Waals surface area contributed by atoms with Gasteiger partial charge in [0, 0.05) is 6.42 Å².